The van der Waals surface area contributed by atoms with Gasteiger partial charge in [0, 0.05) is 18.2 Å². The van der Waals surface area contributed by atoms with E-state index in [4.69, 9.17) is 0 Å². The fourth-order valence-electron chi connectivity index (χ4n) is 3.27. The standard InChI is InChI=1S/C24H19N3/c1-25-23(18-9-4-3-5-10-18)27-24(26-2)20-14-15-22-19(16-20)13-12-17-8-6-7-11-21(17)22/h3-16H,2H2,1H3. The van der Waals surface area contributed by atoms with Gasteiger partial charge in [0.2, 0.25) is 0 Å². The Kier molecular flexibility index (Phi) is 4.58. The molecule has 4 aromatic carbocycles. The van der Waals surface area contributed by atoms with Gasteiger partial charge >= 0.3 is 0 Å². The second kappa shape index (κ2) is 7.34. The maximum atomic E-state index is 4.66. The molecule has 0 aliphatic rings. The van der Waals surface area contributed by atoms with Crippen LogP contribution in [0, 0.1) is 0 Å². The molecule has 0 fully saturated rings. The maximum Gasteiger partial charge on any atom is 0.161 e. The fraction of sp³-hybridized carbons (Fsp3) is 0.0417. The molecule has 27 heavy (non-hydrogen) atoms. The summed E-state index contributed by atoms with van der Waals surface area (Å²) >= 11 is 0. The highest BCUT2D eigenvalue weighted by atomic mass is 15.0. The van der Waals surface area contributed by atoms with Crippen molar-refractivity contribution in [1.82, 2.24) is 0 Å². The largest absolute Gasteiger partial charge is 0.270 e. The molecule has 4 rings (SSSR count). The van der Waals surface area contributed by atoms with Gasteiger partial charge in [-0.1, -0.05) is 78.9 Å². The summed E-state index contributed by atoms with van der Waals surface area (Å²) in [5.41, 5.74) is 1.87. The number of nitrogens with zero attached hydrogens (tertiary/aromatic N) is 3. The molecule has 0 unspecified atom stereocenters. The van der Waals surface area contributed by atoms with E-state index in [0.29, 0.717) is 11.7 Å². The van der Waals surface area contributed by atoms with Crippen LogP contribution in [-0.4, -0.2) is 25.4 Å². The van der Waals surface area contributed by atoms with Crippen LogP contribution in [0.3, 0.4) is 0 Å². The van der Waals surface area contributed by atoms with Gasteiger partial charge in [-0.2, -0.15) is 0 Å². The predicted octanol–water partition coefficient (Wildman–Crippen LogP) is 5.52. The summed E-state index contributed by atoms with van der Waals surface area (Å²) in [5.74, 6) is 1.20. The third kappa shape index (κ3) is 3.27. The number of hydrogen-bond acceptors (Lipinski definition) is 1. The van der Waals surface area contributed by atoms with E-state index in [2.05, 4.69) is 70.2 Å². The minimum absolute atomic E-state index is 0.564. The van der Waals surface area contributed by atoms with E-state index in [9.17, 15) is 0 Å². The Bertz CT molecular complexity index is 1190. The lowest BCUT2D eigenvalue weighted by Crippen LogP contribution is -2.04. The fourth-order valence-corrected chi connectivity index (χ4v) is 3.27. The summed E-state index contributed by atoms with van der Waals surface area (Å²) in [7, 11) is 1.74. The molecule has 0 N–H and O–H groups in total. The molecule has 3 nitrogen and oxygen atoms in total. The first-order valence-corrected chi connectivity index (χ1v) is 8.79. The molecule has 0 heterocycles. The quantitative estimate of drug-likeness (QED) is 0.260. The van der Waals surface area contributed by atoms with Gasteiger partial charge in [-0.05, 0) is 34.3 Å². The van der Waals surface area contributed by atoms with Gasteiger partial charge < -0.3 is 0 Å². The number of aliphatic imine (C=N–C) groups is 3. The highest BCUT2D eigenvalue weighted by Crippen LogP contribution is 2.26. The lowest BCUT2D eigenvalue weighted by atomic mass is 10.00. The molecule has 3 heteroatoms. The van der Waals surface area contributed by atoms with Crippen molar-refractivity contribution < 1.29 is 0 Å². The first-order valence-electron chi connectivity index (χ1n) is 8.79. The molecular weight excluding hydrogens is 330 g/mol. The molecule has 0 atom stereocenters. The van der Waals surface area contributed by atoms with E-state index in [0.717, 1.165) is 16.5 Å². The second-order valence-corrected chi connectivity index (χ2v) is 6.23. The van der Waals surface area contributed by atoms with Crippen LogP contribution in [0.15, 0.2) is 99.9 Å². The van der Waals surface area contributed by atoms with Gasteiger partial charge in [0.15, 0.2) is 11.7 Å². The Morgan fingerprint density at radius 2 is 1.37 bits per heavy atom. The van der Waals surface area contributed by atoms with Crippen LogP contribution >= 0.6 is 0 Å². The van der Waals surface area contributed by atoms with Crippen molar-refractivity contribution in [2.24, 2.45) is 15.0 Å². The average Bonchev–Trinajstić information content (AvgIpc) is 2.75. The predicted molar refractivity (Wildman–Crippen MR) is 116 cm³/mol. The first kappa shape index (κ1) is 16.9. The number of rotatable bonds is 2. The summed E-state index contributed by atoms with van der Waals surface area (Å²) in [4.78, 5) is 13.1. The Hall–Kier alpha value is -3.59. The number of fused-ring (bicyclic) bond motifs is 3. The van der Waals surface area contributed by atoms with Crippen LogP contribution in [0.5, 0.6) is 0 Å². The molecule has 0 saturated carbocycles. The van der Waals surface area contributed by atoms with Crippen molar-refractivity contribution in [2.45, 2.75) is 0 Å². The van der Waals surface area contributed by atoms with Crippen molar-refractivity contribution in [3.05, 3.63) is 96.1 Å². The molecule has 130 valence electrons. The van der Waals surface area contributed by atoms with Crippen molar-refractivity contribution in [3.8, 4) is 0 Å². The van der Waals surface area contributed by atoms with Crippen LogP contribution < -0.4 is 0 Å². The normalized spacial score (nSPS) is 12.5. The molecule has 0 bridgehead atoms. The van der Waals surface area contributed by atoms with Gasteiger partial charge in [-0.15, -0.1) is 0 Å². The van der Waals surface area contributed by atoms with Crippen LogP contribution in [0.25, 0.3) is 21.5 Å². The third-order valence-electron chi connectivity index (χ3n) is 4.61. The number of benzene rings is 4. The van der Waals surface area contributed by atoms with Crippen molar-refractivity contribution in [2.75, 3.05) is 7.05 Å². The zero-order chi connectivity index (χ0) is 18.6. The van der Waals surface area contributed by atoms with Gasteiger partial charge in [0.25, 0.3) is 0 Å². The molecule has 0 aliphatic heterocycles. The lowest BCUT2D eigenvalue weighted by Gasteiger charge is -2.07. The van der Waals surface area contributed by atoms with E-state index >= 15 is 0 Å². The van der Waals surface area contributed by atoms with Gasteiger partial charge in [0.1, 0.15) is 0 Å². The third-order valence-corrected chi connectivity index (χ3v) is 4.61. The van der Waals surface area contributed by atoms with E-state index < -0.39 is 0 Å². The number of amidine groups is 2. The van der Waals surface area contributed by atoms with Gasteiger partial charge in [0.05, 0.1) is 0 Å². The monoisotopic (exact) mass is 349 g/mol. The zero-order valence-electron chi connectivity index (χ0n) is 15.1. The molecule has 0 spiro atoms. The second-order valence-electron chi connectivity index (χ2n) is 6.23. The summed E-state index contributed by atoms with van der Waals surface area (Å²) in [5, 5.41) is 4.84. The number of hydrogen-bond donors (Lipinski definition) is 0. The highest BCUT2D eigenvalue weighted by molar-refractivity contribution is 6.15. The first-order chi connectivity index (χ1) is 13.3. The van der Waals surface area contributed by atoms with E-state index in [1.54, 1.807) is 7.05 Å². The molecule has 0 amide bonds. The summed E-state index contributed by atoms with van der Waals surface area (Å²) < 4.78 is 0. The Labute approximate surface area is 158 Å². The molecule has 0 aliphatic carbocycles. The summed E-state index contributed by atoms with van der Waals surface area (Å²) in [6, 6.07) is 28.8. The smallest absolute Gasteiger partial charge is 0.161 e. The minimum Gasteiger partial charge on any atom is -0.270 e. The van der Waals surface area contributed by atoms with Crippen LogP contribution in [-0.2, 0) is 0 Å². The topological polar surface area (TPSA) is 37.1 Å². The van der Waals surface area contributed by atoms with E-state index in [1.807, 2.05) is 36.4 Å². The van der Waals surface area contributed by atoms with Crippen LogP contribution in [0.2, 0.25) is 0 Å². The maximum absolute atomic E-state index is 4.66. The zero-order valence-corrected chi connectivity index (χ0v) is 15.1. The lowest BCUT2D eigenvalue weighted by molar-refractivity contribution is 1.37. The molecule has 0 radical (unpaired) electrons. The molecule has 0 aromatic heterocycles. The summed E-state index contributed by atoms with van der Waals surface area (Å²) in [6.45, 7) is 3.71. The van der Waals surface area contributed by atoms with Crippen LogP contribution in [0.1, 0.15) is 11.1 Å². The molecule has 0 saturated heterocycles. The van der Waals surface area contributed by atoms with Gasteiger partial charge in [-0.25, -0.2) is 9.98 Å². The Morgan fingerprint density at radius 1 is 0.667 bits per heavy atom. The molecule has 4 aromatic rings. The Balaban J connectivity index is 1.81. The minimum atomic E-state index is 0.564. The van der Waals surface area contributed by atoms with Crippen LogP contribution in [0.4, 0.5) is 0 Å². The van der Waals surface area contributed by atoms with E-state index in [1.165, 1.54) is 16.2 Å². The summed E-state index contributed by atoms with van der Waals surface area (Å²) in [6.07, 6.45) is 0. The van der Waals surface area contributed by atoms with Crippen molar-refractivity contribution >= 4 is 39.9 Å². The van der Waals surface area contributed by atoms with E-state index in [-0.39, 0.29) is 0 Å². The van der Waals surface area contributed by atoms with Crippen molar-refractivity contribution in [1.29, 1.82) is 0 Å². The van der Waals surface area contributed by atoms with Gasteiger partial charge in [-0.3, -0.25) is 4.99 Å². The highest BCUT2D eigenvalue weighted by Gasteiger charge is 2.08. The molecular formula is C24H19N3. The van der Waals surface area contributed by atoms with Crippen molar-refractivity contribution in [3.63, 3.8) is 0 Å². The Morgan fingerprint density at radius 3 is 2.15 bits per heavy atom. The average molecular weight is 349 g/mol. The SMILES string of the molecule is C=NC(=NC(=NC)c1ccccc1)c1ccc2c(ccc3ccccc32)c1.